The molecule has 1 aliphatic heterocycles. The maximum Gasteiger partial charge on any atom is 0.315 e. The standard InChI is InChI=1S/C15H18N4O4/c1-22-12-6-4-5-10(16)14(12)15-11(19(20)21)9-17-18(15)13-7-2-3-8-23-13/h4-6,9,13H,2-3,7-8,16H2,1H3. The number of rotatable bonds is 4. The monoisotopic (exact) mass is 318 g/mol. The molecule has 2 heterocycles. The van der Waals surface area contributed by atoms with Crippen LogP contribution >= 0.6 is 0 Å². The number of nitrogens with two attached hydrogens (primary N) is 1. The van der Waals surface area contributed by atoms with E-state index in [1.807, 2.05) is 0 Å². The zero-order chi connectivity index (χ0) is 16.4. The molecule has 0 saturated carbocycles. The second kappa shape index (κ2) is 6.25. The van der Waals surface area contributed by atoms with Gasteiger partial charge in [-0.2, -0.15) is 5.10 Å². The molecule has 1 atom stereocenters. The number of hydrogen-bond donors (Lipinski definition) is 1. The fourth-order valence-corrected chi connectivity index (χ4v) is 2.84. The van der Waals surface area contributed by atoms with E-state index in [2.05, 4.69) is 5.10 Å². The first-order valence-electron chi connectivity index (χ1n) is 7.40. The van der Waals surface area contributed by atoms with E-state index in [-0.39, 0.29) is 11.9 Å². The summed E-state index contributed by atoms with van der Waals surface area (Å²) >= 11 is 0. The molecular weight excluding hydrogens is 300 g/mol. The molecule has 3 rings (SSSR count). The van der Waals surface area contributed by atoms with Crippen molar-refractivity contribution >= 4 is 11.4 Å². The predicted octanol–water partition coefficient (Wildman–Crippen LogP) is 2.75. The molecule has 1 saturated heterocycles. The van der Waals surface area contributed by atoms with Crippen molar-refractivity contribution in [3.05, 3.63) is 34.5 Å². The Kier molecular flexibility index (Phi) is 4.16. The number of aromatic nitrogens is 2. The minimum absolute atomic E-state index is 0.115. The van der Waals surface area contributed by atoms with E-state index in [4.69, 9.17) is 15.2 Å². The van der Waals surface area contributed by atoms with Gasteiger partial charge in [0.25, 0.3) is 0 Å². The van der Waals surface area contributed by atoms with Crippen molar-refractivity contribution in [3.63, 3.8) is 0 Å². The zero-order valence-electron chi connectivity index (χ0n) is 12.8. The number of hydrogen-bond acceptors (Lipinski definition) is 6. The lowest BCUT2D eigenvalue weighted by Gasteiger charge is -2.24. The number of methoxy groups -OCH3 is 1. The van der Waals surface area contributed by atoms with E-state index < -0.39 is 4.92 Å². The van der Waals surface area contributed by atoms with Gasteiger partial charge in [0, 0.05) is 12.3 Å². The van der Waals surface area contributed by atoms with Gasteiger partial charge in [0.15, 0.2) is 11.9 Å². The molecule has 0 spiro atoms. The Morgan fingerprint density at radius 2 is 2.30 bits per heavy atom. The Labute approximate surface area is 132 Å². The molecule has 122 valence electrons. The lowest BCUT2D eigenvalue weighted by atomic mass is 10.1. The van der Waals surface area contributed by atoms with Gasteiger partial charge >= 0.3 is 5.69 Å². The van der Waals surface area contributed by atoms with Gasteiger partial charge < -0.3 is 15.2 Å². The molecule has 8 nitrogen and oxygen atoms in total. The molecule has 2 N–H and O–H groups in total. The van der Waals surface area contributed by atoms with Crippen LogP contribution in [0.15, 0.2) is 24.4 Å². The second-order valence-corrected chi connectivity index (χ2v) is 5.33. The first-order valence-corrected chi connectivity index (χ1v) is 7.40. The van der Waals surface area contributed by atoms with Gasteiger partial charge in [-0.3, -0.25) is 10.1 Å². The van der Waals surface area contributed by atoms with Crippen molar-refractivity contribution in [2.45, 2.75) is 25.5 Å². The van der Waals surface area contributed by atoms with E-state index >= 15 is 0 Å². The topological polar surface area (TPSA) is 105 Å². The van der Waals surface area contributed by atoms with Gasteiger partial charge in [-0.25, -0.2) is 4.68 Å². The third kappa shape index (κ3) is 2.72. The first kappa shape index (κ1) is 15.3. The molecule has 1 aromatic carbocycles. The summed E-state index contributed by atoms with van der Waals surface area (Å²) in [4.78, 5) is 11.0. The SMILES string of the molecule is COc1cccc(N)c1-c1c([N+](=O)[O-])cnn1C1CCCCO1. The van der Waals surface area contributed by atoms with Gasteiger partial charge in [0.1, 0.15) is 11.9 Å². The quantitative estimate of drug-likeness (QED) is 0.528. The maximum absolute atomic E-state index is 11.4. The van der Waals surface area contributed by atoms with E-state index in [0.29, 0.717) is 29.3 Å². The number of nitrogens with zero attached hydrogens (tertiary/aromatic N) is 3. The van der Waals surface area contributed by atoms with Crippen LogP contribution in [0.2, 0.25) is 0 Å². The fourth-order valence-electron chi connectivity index (χ4n) is 2.84. The summed E-state index contributed by atoms with van der Waals surface area (Å²) in [5.74, 6) is 0.464. The predicted molar refractivity (Wildman–Crippen MR) is 84.1 cm³/mol. The number of anilines is 1. The fraction of sp³-hybridized carbons (Fsp3) is 0.400. The zero-order valence-corrected chi connectivity index (χ0v) is 12.8. The minimum Gasteiger partial charge on any atom is -0.496 e. The van der Waals surface area contributed by atoms with Crippen LogP contribution in [0.4, 0.5) is 11.4 Å². The molecule has 0 radical (unpaired) electrons. The van der Waals surface area contributed by atoms with Crippen molar-refractivity contribution in [3.8, 4) is 17.0 Å². The lowest BCUT2D eigenvalue weighted by molar-refractivity contribution is -0.384. The van der Waals surface area contributed by atoms with Crippen LogP contribution in [0.5, 0.6) is 5.75 Å². The molecule has 1 unspecified atom stereocenters. The molecule has 2 aromatic rings. The highest BCUT2D eigenvalue weighted by atomic mass is 16.6. The van der Waals surface area contributed by atoms with Crippen LogP contribution in [-0.4, -0.2) is 28.4 Å². The van der Waals surface area contributed by atoms with Crippen molar-refractivity contribution < 1.29 is 14.4 Å². The first-order chi connectivity index (χ1) is 11.1. The molecule has 1 aromatic heterocycles. The Bertz CT molecular complexity index is 722. The van der Waals surface area contributed by atoms with Crippen LogP contribution in [0.25, 0.3) is 11.3 Å². The summed E-state index contributed by atoms with van der Waals surface area (Å²) in [6.45, 7) is 0.610. The average Bonchev–Trinajstić information content (AvgIpc) is 3.00. The molecule has 1 fully saturated rings. The smallest absolute Gasteiger partial charge is 0.315 e. The van der Waals surface area contributed by atoms with Crippen LogP contribution in [-0.2, 0) is 4.74 Å². The Morgan fingerprint density at radius 1 is 1.48 bits per heavy atom. The number of nitrogen functional groups attached to an aromatic ring is 1. The maximum atomic E-state index is 11.4. The highest BCUT2D eigenvalue weighted by molar-refractivity contribution is 5.84. The van der Waals surface area contributed by atoms with E-state index in [9.17, 15) is 10.1 Å². The second-order valence-electron chi connectivity index (χ2n) is 5.33. The summed E-state index contributed by atoms with van der Waals surface area (Å²) in [5.41, 5.74) is 7.13. The summed E-state index contributed by atoms with van der Waals surface area (Å²) in [6, 6.07) is 5.14. The van der Waals surface area contributed by atoms with Crippen molar-refractivity contribution in [1.82, 2.24) is 9.78 Å². The average molecular weight is 318 g/mol. The molecule has 0 amide bonds. The Balaban J connectivity index is 2.20. The molecular formula is C15H18N4O4. The third-order valence-electron chi connectivity index (χ3n) is 3.92. The van der Waals surface area contributed by atoms with E-state index in [1.54, 1.807) is 22.9 Å². The van der Waals surface area contributed by atoms with Crippen LogP contribution < -0.4 is 10.5 Å². The van der Waals surface area contributed by atoms with Gasteiger partial charge in [-0.1, -0.05) is 6.07 Å². The van der Waals surface area contributed by atoms with Crippen LogP contribution in [0, 0.1) is 10.1 Å². The Morgan fingerprint density at radius 3 is 2.96 bits per heavy atom. The number of benzene rings is 1. The molecule has 8 heteroatoms. The highest BCUT2D eigenvalue weighted by Gasteiger charge is 2.30. The third-order valence-corrected chi connectivity index (χ3v) is 3.92. The minimum atomic E-state index is -0.465. The van der Waals surface area contributed by atoms with Crippen molar-refractivity contribution in [1.29, 1.82) is 0 Å². The van der Waals surface area contributed by atoms with E-state index in [0.717, 1.165) is 19.3 Å². The van der Waals surface area contributed by atoms with E-state index in [1.165, 1.54) is 13.3 Å². The van der Waals surface area contributed by atoms with Gasteiger partial charge in [-0.05, 0) is 31.4 Å². The van der Waals surface area contributed by atoms with Crippen molar-refractivity contribution in [2.24, 2.45) is 0 Å². The molecule has 0 aliphatic carbocycles. The lowest BCUT2D eigenvalue weighted by Crippen LogP contribution is -2.20. The molecule has 1 aliphatic rings. The largest absolute Gasteiger partial charge is 0.496 e. The number of ether oxygens (including phenoxy) is 2. The summed E-state index contributed by atoms with van der Waals surface area (Å²) < 4.78 is 12.6. The van der Waals surface area contributed by atoms with Gasteiger partial charge in [0.2, 0.25) is 0 Å². The molecule has 0 bridgehead atoms. The van der Waals surface area contributed by atoms with Crippen molar-refractivity contribution in [2.75, 3.05) is 19.5 Å². The van der Waals surface area contributed by atoms with Crippen LogP contribution in [0.3, 0.4) is 0 Å². The summed E-state index contributed by atoms with van der Waals surface area (Å²) in [7, 11) is 1.50. The van der Waals surface area contributed by atoms with Gasteiger partial charge in [-0.15, -0.1) is 0 Å². The molecule has 23 heavy (non-hydrogen) atoms. The van der Waals surface area contributed by atoms with Crippen LogP contribution in [0.1, 0.15) is 25.5 Å². The number of nitro groups is 1. The summed E-state index contributed by atoms with van der Waals surface area (Å²) in [5, 5.41) is 15.6. The normalized spacial score (nSPS) is 17.9. The summed E-state index contributed by atoms with van der Waals surface area (Å²) in [6.07, 6.45) is 3.61. The van der Waals surface area contributed by atoms with Gasteiger partial charge in [0.05, 0.1) is 17.6 Å². The highest BCUT2D eigenvalue weighted by Crippen LogP contribution is 2.42. The Hall–Kier alpha value is -2.61.